The van der Waals surface area contributed by atoms with Crippen LogP contribution in [0, 0.1) is 43.4 Å². The van der Waals surface area contributed by atoms with Crippen LogP contribution in [0.3, 0.4) is 0 Å². The van der Waals surface area contributed by atoms with Gasteiger partial charge in [0.15, 0.2) is 0 Å². The minimum atomic E-state index is 0.688. The predicted octanol–water partition coefficient (Wildman–Crippen LogP) is 3.96. The van der Waals surface area contributed by atoms with E-state index in [0.717, 1.165) is 36.0 Å². The maximum Gasteiger partial charge on any atom is 0.0946 e. The number of thiazole rings is 1. The molecule has 1 heterocycles. The molecule has 0 radical (unpaired) electrons. The molecule has 1 aromatic rings. The molecule has 3 aliphatic rings. The van der Waals surface area contributed by atoms with Crippen LogP contribution >= 0.6 is 11.3 Å². The van der Waals surface area contributed by atoms with Crippen LogP contribution in [-0.2, 0) is 6.42 Å². The van der Waals surface area contributed by atoms with Crippen molar-refractivity contribution in [1.29, 1.82) is 0 Å². The minimum Gasteiger partial charge on any atom is -0.313 e. The van der Waals surface area contributed by atoms with Gasteiger partial charge in [0.25, 0.3) is 0 Å². The first-order valence-electron chi connectivity index (χ1n) is 8.85. The average Bonchev–Trinajstić information content (AvgIpc) is 2.75. The van der Waals surface area contributed by atoms with Crippen molar-refractivity contribution < 1.29 is 0 Å². The van der Waals surface area contributed by atoms with Crippen LogP contribution in [0.5, 0.6) is 0 Å². The van der Waals surface area contributed by atoms with Gasteiger partial charge in [-0.05, 0) is 75.7 Å². The number of nitrogens with one attached hydrogen (secondary N) is 1. The lowest BCUT2D eigenvalue weighted by atomic mass is 9.95. The largest absolute Gasteiger partial charge is 0.313 e. The van der Waals surface area contributed by atoms with Gasteiger partial charge in [-0.15, -0.1) is 11.3 Å². The fourth-order valence-electron chi connectivity index (χ4n) is 5.42. The summed E-state index contributed by atoms with van der Waals surface area (Å²) in [5, 5.41) is 5.23. The average molecular weight is 305 g/mol. The fraction of sp³-hybridized carbons (Fsp3) is 0.833. The molecule has 116 valence electrons. The standard InChI is InChI=1S/C18H28N2S/c1-4-7-19-14(9-15-20-10(2)11(3)21-15)18-16-12-5-6-13(8-12)17(16)18/h12-14,16-19H,4-9H2,1-3H3. The summed E-state index contributed by atoms with van der Waals surface area (Å²) in [5.41, 5.74) is 1.24. The molecule has 0 saturated heterocycles. The Kier molecular flexibility index (Phi) is 3.61. The molecule has 3 saturated carbocycles. The van der Waals surface area contributed by atoms with E-state index in [2.05, 4.69) is 26.1 Å². The molecule has 3 heteroatoms. The van der Waals surface area contributed by atoms with Crippen molar-refractivity contribution in [1.82, 2.24) is 10.3 Å². The van der Waals surface area contributed by atoms with Crippen LogP contribution in [-0.4, -0.2) is 17.6 Å². The monoisotopic (exact) mass is 304 g/mol. The molecule has 3 aliphatic carbocycles. The first kappa shape index (κ1) is 14.2. The summed E-state index contributed by atoms with van der Waals surface area (Å²) in [4.78, 5) is 6.19. The highest BCUT2D eigenvalue weighted by Crippen LogP contribution is 2.70. The third-order valence-electron chi connectivity index (χ3n) is 6.38. The van der Waals surface area contributed by atoms with E-state index in [9.17, 15) is 0 Å². The van der Waals surface area contributed by atoms with Crippen LogP contribution in [0.15, 0.2) is 0 Å². The maximum atomic E-state index is 4.79. The number of rotatable bonds is 6. The topological polar surface area (TPSA) is 24.9 Å². The van der Waals surface area contributed by atoms with Gasteiger partial charge in [0.1, 0.15) is 0 Å². The van der Waals surface area contributed by atoms with E-state index in [1.807, 2.05) is 11.3 Å². The van der Waals surface area contributed by atoms with E-state index >= 15 is 0 Å². The van der Waals surface area contributed by atoms with E-state index in [-0.39, 0.29) is 0 Å². The van der Waals surface area contributed by atoms with Crippen molar-refractivity contribution >= 4 is 11.3 Å². The van der Waals surface area contributed by atoms with Gasteiger partial charge >= 0.3 is 0 Å². The highest BCUT2D eigenvalue weighted by molar-refractivity contribution is 7.11. The van der Waals surface area contributed by atoms with Gasteiger partial charge in [0, 0.05) is 17.3 Å². The molecule has 2 bridgehead atoms. The molecule has 2 nitrogen and oxygen atoms in total. The molecule has 3 fully saturated rings. The first-order chi connectivity index (χ1) is 10.2. The lowest BCUT2D eigenvalue weighted by molar-refractivity contribution is 0.361. The number of hydrogen-bond donors (Lipinski definition) is 1. The summed E-state index contributed by atoms with van der Waals surface area (Å²) >= 11 is 1.92. The van der Waals surface area contributed by atoms with Crippen LogP contribution in [0.4, 0.5) is 0 Å². The molecule has 0 amide bonds. The number of aryl methyl sites for hydroxylation is 2. The Morgan fingerprint density at radius 2 is 1.95 bits per heavy atom. The quantitative estimate of drug-likeness (QED) is 0.860. The van der Waals surface area contributed by atoms with Crippen molar-refractivity contribution in [3.8, 4) is 0 Å². The fourth-order valence-corrected chi connectivity index (χ4v) is 6.41. The summed E-state index contributed by atoms with van der Waals surface area (Å²) in [6.45, 7) is 7.80. The van der Waals surface area contributed by atoms with Gasteiger partial charge in [0.05, 0.1) is 10.7 Å². The third kappa shape index (κ3) is 2.37. The summed E-state index contributed by atoms with van der Waals surface area (Å²) in [6.07, 6.45) is 7.01. The molecule has 5 unspecified atom stereocenters. The Morgan fingerprint density at radius 1 is 1.24 bits per heavy atom. The van der Waals surface area contributed by atoms with E-state index < -0.39 is 0 Å². The minimum absolute atomic E-state index is 0.688. The van der Waals surface area contributed by atoms with Gasteiger partial charge in [0.2, 0.25) is 0 Å². The van der Waals surface area contributed by atoms with Crippen molar-refractivity contribution in [2.24, 2.45) is 29.6 Å². The van der Waals surface area contributed by atoms with Gasteiger partial charge in [-0.3, -0.25) is 0 Å². The Labute approximate surface area is 132 Å². The number of nitrogens with zero attached hydrogens (tertiary/aromatic N) is 1. The Hall–Kier alpha value is -0.410. The van der Waals surface area contributed by atoms with Crippen molar-refractivity contribution in [3.05, 3.63) is 15.6 Å². The molecule has 4 rings (SSSR count). The predicted molar refractivity (Wildman–Crippen MR) is 88.7 cm³/mol. The summed E-state index contributed by atoms with van der Waals surface area (Å²) < 4.78 is 0. The third-order valence-corrected chi connectivity index (χ3v) is 7.48. The second-order valence-electron chi connectivity index (χ2n) is 7.58. The molecular weight excluding hydrogens is 276 g/mol. The molecule has 0 aromatic carbocycles. The van der Waals surface area contributed by atoms with Crippen LogP contribution in [0.1, 0.15) is 48.2 Å². The SMILES string of the molecule is CCCNC(Cc1nc(C)c(C)s1)C1C2C3CCC(C3)C21. The molecule has 21 heavy (non-hydrogen) atoms. The second kappa shape index (κ2) is 5.34. The Morgan fingerprint density at radius 3 is 2.52 bits per heavy atom. The zero-order valence-electron chi connectivity index (χ0n) is 13.6. The van der Waals surface area contributed by atoms with Crippen molar-refractivity contribution in [2.75, 3.05) is 6.54 Å². The normalized spacial score (nSPS) is 37.8. The molecule has 0 aliphatic heterocycles. The second-order valence-corrected chi connectivity index (χ2v) is 8.87. The summed E-state index contributed by atoms with van der Waals surface area (Å²) in [5.74, 6) is 5.26. The van der Waals surface area contributed by atoms with Crippen molar-refractivity contribution in [2.45, 2.75) is 58.9 Å². The Bertz CT molecular complexity index is 488. The van der Waals surface area contributed by atoms with E-state index in [1.165, 1.54) is 41.4 Å². The van der Waals surface area contributed by atoms with Gasteiger partial charge in [-0.25, -0.2) is 4.98 Å². The van der Waals surface area contributed by atoms with Crippen LogP contribution in [0.2, 0.25) is 0 Å². The molecular formula is C18H28N2S. The highest BCUT2D eigenvalue weighted by Gasteiger charge is 2.66. The van der Waals surface area contributed by atoms with Gasteiger partial charge in [-0.2, -0.15) is 0 Å². The van der Waals surface area contributed by atoms with Gasteiger partial charge < -0.3 is 5.32 Å². The van der Waals surface area contributed by atoms with E-state index in [1.54, 1.807) is 6.42 Å². The summed E-state index contributed by atoms with van der Waals surface area (Å²) in [7, 11) is 0. The number of hydrogen-bond acceptors (Lipinski definition) is 3. The Balaban J connectivity index is 1.47. The van der Waals surface area contributed by atoms with E-state index in [4.69, 9.17) is 4.98 Å². The first-order valence-corrected chi connectivity index (χ1v) is 9.67. The van der Waals surface area contributed by atoms with E-state index in [0.29, 0.717) is 6.04 Å². The zero-order chi connectivity index (χ0) is 14.6. The molecule has 5 atom stereocenters. The smallest absolute Gasteiger partial charge is 0.0946 e. The molecule has 1 aromatic heterocycles. The van der Waals surface area contributed by atoms with Crippen molar-refractivity contribution in [3.63, 3.8) is 0 Å². The molecule has 1 N–H and O–H groups in total. The lowest BCUT2D eigenvalue weighted by Crippen LogP contribution is -2.35. The van der Waals surface area contributed by atoms with Crippen LogP contribution < -0.4 is 5.32 Å². The number of aromatic nitrogens is 1. The number of fused-ring (bicyclic) bond motifs is 5. The van der Waals surface area contributed by atoms with Crippen LogP contribution in [0.25, 0.3) is 0 Å². The summed E-state index contributed by atoms with van der Waals surface area (Å²) in [6, 6.07) is 0.688. The lowest BCUT2D eigenvalue weighted by Gasteiger charge is -2.21. The zero-order valence-corrected chi connectivity index (χ0v) is 14.4. The maximum absolute atomic E-state index is 4.79. The van der Waals surface area contributed by atoms with Gasteiger partial charge in [-0.1, -0.05) is 6.92 Å². The highest BCUT2D eigenvalue weighted by atomic mass is 32.1. The molecule has 0 spiro atoms.